The molecule has 0 aromatic carbocycles. The van der Waals surface area contributed by atoms with Crippen molar-refractivity contribution < 1.29 is 4.79 Å². The highest BCUT2D eigenvalue weighted by Gasteiger charge is 2.25. The SMILES string of the molecule is CCCN(C/C=C(\C)CCC=C(C)C)C(=O)C(C)(C)C. The van der Waals surface area contributed by atoms with Crippen LogP contribution in [0.4, 0.5) is 0 Å². The summed E-state index contributed by atoms with van der Waals surface area (Å²) >= 11 is 0. The number of hydrogen-bond donors (Lipinski definition) is 0. The third kappa shape index (κ3) is 8.19. The summed E-state index contributed by atoms with van der Waals surface area (Å²) in [5, 5.41) is 0. The third-order valence-electron chi connectivity index (χ3n) is 3.17. The quantitative estimate of drug-likeness (QED) is 0.603. The van der Waals surface area contributed by atoms with Gasteiger partial charge in [0.2, 0.25) is 5.91 Å². The summed E-state index contributed by atoms with van der Waals surface area (Å²) in [6, 6.07) is 0. The average Bonchev–Trinajstić information content (AvgIpc) is 2.32. The number of carbonyl (C=O) groups is 1. The highest BCUT2D eigenvalue weighted by Crippen LogP contribution is 2.18. The lowest BCUT2D eigenvalue weighted by atomic mass is 9.94. The summed E-state index contributed by atoms with van der Waals surface area (Å²) in [5.74, 6) is 0.243. The largest absolute Gasteiger partial charge is 0.339 e. The second-order valence-electron chi connectivity index (χ2n) is 6.87. The predicted molar refractivity (Wildman–Crippen MR) is 88.7 cm³/mol. The lowest BCUT2D eigenvalue weighted by molar-refractivity contribution is -0.138. The Labute approximate surface area is 125 Å². The van der Waals surface area contributed by atoms with Gasteiger partial charge in [-0.05, 0) is 40.0 Å². The van der Waals surface area contributed by atoms with Crippen molar-refractivity contribution in [2.24, 2.45) is 5.41 Å². The maximum Gasteiger partial charge on any atom is 0.228 e. The van der Waals surface area contributed by atoms with Crippen molar-refractivity contribution in [2.45, 2.75) is 67.7 Å². The molecule has 0 fully saturated rings. The van der Waals surface area contributed by atoms with Crippen LogP contribution in [0, 0.1) is 5.41 Å². The molecule has 0 saturated heterocycles. The first-order chi connectivity index (χ1) is 9.18. The summed E-state index contributed by atoms with van der Waals surface area (Å²) < 4.78 is 0. The number of rotatable bonds is 7. The van der Waals surface area contributed by atoms with E-state index in [1.165, 1.54) is 11.1 Å². The Morgan fingerprint density at radius 3 is 2.15 bits per heavy atom. The molecule has 0 aromatic rings. The van der Waals surface area contributed by atoms with Gasteiger partial charge >= 0.3 is 0 Å². The van der Waals surface area contributed by atoms with Crippen LogP contribution in [-0.4, -0.2) is 23.9 Å². The van der Waals surface area contributed by atoms with Crippen LogP contribution in [0.25, 0.3) is 0 Å². The molecule has 0 aliphatic rings. The Morgan fingerprint density at radius 1 is 1.10 bits per heavy atom. The van der Waals surface area contributed by atoms with Crippen LogP contribution in [0.5, 0.6) is 0 Å². The first-order valence-corrected chi connectivity index (χ1v) is 7.76. The Balaban J connectivity index is 4.53. The van der Waals surface area contributed by atoms with E-state index in [1.54, 1.807) is 0 Å². The predicted octanol–water partition coefficient (Wildman–Crippen LogP) is 4.96. The van der Waals surface area contributed by atoms with E-state index in [9.17, 15) is 4.79 Å². The molecule has 0 spiro atoms. The van der Waals surface area contributed by atoms with Gasteiger partial charge in [0.05, 0.1) is 0 Å². The second-order valence-corrected chi connectivity index (χ2v) is 6.87. The molecule has 116 valence electrons. The lowest BCUT2D eigenvalue weighted by Gasteiger charge is -2.28. The number of amides is 1. The monoisotopic (exact) mass is 279 g/mol. The van der Waals surface area contributed by atoms with Crippen molar-refractivity contribution in [3.8, 4) is 0 Å². The molecule has 2 heteroatoms. The normalized spacial score (nSPS) is 12.2. The van der Waals surface area contributed by atoms with E-state index in [4.69, 9.17) is 0 Å². The van der Waals surface area contributed by atoms with Crippen LogP contribution < -0.4 is 0 Å². The van der Waals surface area contributed by atoms with Crippen molar-refractivity contribution in [3.05, 3.63) is 23.3 Å². The second kappa shape index (κ2) is 8.99. The van der Waals surface area contributed by atoms with Crippen molar-refractivity contribution in [2.75, 3.05) is 13.1 Å². The van der Waals surface area contributed by atoms with Crippen molar-refractivity contribution in [1.29, 1.82) is 0 Å². The third-order valence-corrected chi connectivity index (χ3v) is 3.17. The molecule has 0 N–H and O–H groups in total. The number of hydrogen-bond acceptors (Lipinski definition) is 1. The van der Waals surface area contributed by atoms with Crippen LogP contribution in [0.3, 0.4) is 0 Å². The van der Waals surface area contributed by atoms with E-state index < -0.39 is 0 Å². The van der Waals surface area contributed by atoms with Crippen LogP contribution in [0.15, 0.2) is 23.3 Å². The van der Waals surface area contributed by atoms with Gasteiger partial charge in [-0.25, -0.2) is 0 Å². The van der Waals surface area contributed by atoms with Gasteiger partial charge in [0.1, 0.15) is 0 Å². The molecule has 2 nitrogen and oxygen atoms in total. The maximum atomic E-state index is 12.4. The van der Waals surface area contributed by atoms with E-state index in [0.717, 1.165) is 32.4 Å². The molecule has 0 atom stereocenters. The molecule has 0 unspecified atom stereocenters. The van der Waals surface area contributed by atoms with Crippen molar-refractivity contribution in [3.63, 3.8) is 0 Å². The molecule has 0 radical (unpaired) electrons. The Bertz CT molecular complexity index is 354. The molecule has 0 bridgehead atoms. The van der Waals surface area contributed by atoms with Gasteiger partial charge < -0.3 is 4.90 Å². The summed E-state index contributed by atoms with van der Waals surface area (Å²) in [6.45, 7) is 16.1. The first-order valence-electron chi connectivity index (χ1n) is 7.76. The average molecular weight is 279 g/mol. The van der Waals surface area contributed by atoms with Crippen molar-refractivity contribution >= 4 is 5.91 Å². The van der Waals surface area contributed by atoms with E-state index >= 15 is 0 Å². The van der Waals surface area contributed by atoms with E-state index in [0.29, 0.717) is 0 Å². The Morgan fingerprint density at radius 2 is 1.70 bits per heavy atom. The summed E-state index contributed by atoms with van der Waals surface area (Å²) in [7, 11) is 0. The molecule has 0 aliphatic carbocycles. The van der Waals surface area contributed by atoms with Gasteiger partial charge in [-0.2, -0.15) is 0 Å². The molecule has 0 aliphatic heterocycles. The van der Waals surface area contributed by atoms with Crippen LogP contribution in [0.2, 0.25) is 0 Å². The van der Waals surface area contributed by atoms with E-state index in [-0.39, 0.29) is 11.3 Å². The van der Waals surface area contributed by atoms with Gasteiger partial charge in [-0.15, -0.1) is 0 Å². The standard InChI is InChI=1S/C18H33NO/c1-8-13-19(17(20)18(5,6)7)14-12-16(4)11-9-10-15(2)3/h10,12H,8-9,11,13-14H2,1-7H3/b16-12+. The van der Waals surface area contributed by atoms with Crippen LogP contribution >= 0.6 is 0 Å². The number of allylic oxidation sites excluding steroid dienone is 3. The highest BCUT2D eigenvalue weighted by atomic mass is 16.2. The minimum Gasteiger partial charge on any atom is -0.339 e. The zero-order valence-corrected chi connectivity index (χ0v) is 14.5. The van der Waals surface area contributed by atoms with Crippen LogP contribution in [-0.2, 0) is 4.79 Å². The minimum absolute atomic E-state index is 0.243. The fraction of sp³-hybridized carbons (Fsp3) is 0.722. The van der Waals surface area contributed by atoms with Crippen molar-refractivity contribution in [1.82, 2.24) is 4.90 Å². The van der Waals surface area contributed by atoms with Gasteiger partial charge in [0.25, 0.3) is 0 Å². The molecular formula is C18H33NO. The molecule has 1 amide bonds. The molecular weight excluding hydrogens is 246 g/mol. The number of nitrogens with zero attached hydrogens (tertiary/aromatic N) is 1. The van der Waals surface area contributed by atoms with Crippen LogP contribution in [0.1, 0.15) is 67.7 Å². The number of carbonyl (C=O) groups excluding carboxylic acids is 1. The summed E-state index contributed by atoms with van der Waals surface area (Å²) in [6.07, 6.45) is 7.65. The zero-order chi connectivity index (χ0) is 15.8. The van der Waals surface area contributed by atoms with Gasteiger partial charge in [-0.1, -0.05) is 51.0 Å². The molecule has 0 saturated carbocycles. The topological polar surface area (TPSA) is 20.3 Å². The fourth-order valence-corrected chi connectivity index (χ4v) is 1.98. The van der Waals surface area contributed by atoms with Gasteiger partial charge in [0, 0.05) is 18.5 Å². The summed E-state index contributed by atoms with van der Waals surface area (Å²) in [5.41, 5.74) is 2.44. The van der Waals surface area contributed by atoms with E-state index in [2.05, 4.69) is 39.8 Å². The fourth-order valence-electron chi connectivity index (χ4n) is 1.98. The molecule has 0 rings (SSSR count). The smallest absolute Gasteiger partial charge is 0.228 e. The highest BCUT2D eigenvalue weighted by molar-refractivity contribution is 5.81. The van der Waals surface area contributed by atoms with Gasteiger partial charge in [0.15, 0.2) is 0 Å². The summed E-state index contributed by atoms with van der Waals surface area (Å²) in [4.78, 5) is 14.3. The Hall–Kier alpha value is -1.05. The minimum atomic E-state index is -0.293. The maximum absolute atomic E-state index is 12.4. The Kier molecular flexibility index (Phi) is 8.52. The molecule has 0 aromatic heterocycles. The molecule has 0 heterocycles. The lowest BCUT2D eigenvalue weighted by Crippen LogP contribution is -2.40. The zero-order valence-electron chi connectivity index (χ0n) is 14.5. The van der Waals surface area contributed by atoms with E-state index in [1.807, 2.05) is 25.7 Å². The molecule has 20 heavy (non-hydrogen) atoms. The first kappa shape index (κ1) is 18.9. The van der Waals surface area contributed by atoms with Gasteiger partial charge in [-0.3, -0.25) is 4.79 Å².